The van der Waals surface area contributed by atoms with Crippen molar-refractivity contribution in [3.05, 3.63) is 29.6 Å². The maximum Gasteiger partial charge on any atom is 0.237 e. The Labute approximate surface area is 165 Å². The van der Waals surface area contributed by atoms with Gasteiger partial charge in [-0.25, -0.2) is 4.39 Å². The van der Waals surface area contributed by atoms with E-state index in [4.69, 9.17) is 9.47 Å². The molecule has 8 heteroatoms. The van der Waals surface area contributed by atoms with Crippen LogP contribution in [0.5, 0.6) is 5.75 Å². The molecular weight excluding hydrogens is 365 g/mol. The molecule has 0 aromatic heterocycles. The van der Waals surface area contributed by atoms with Crippen LogP contribution in [0.3, 0.4) is 0 Å². The fraction of sp³-hybridized carbons (Fsp3) is 0.600. The van der Waals surface area contributed by atoms with Crippen molar-refractivity contribution in [1.82, 2.24) is 15.5 Å². The summed E-state index contributed by atoms with van der Waals surface area (Å²) in [7, 11) is 1.48. The largest absolute Gasteiger partial charge is 0.497 e. The number of halogens is 1. The predicted octanol–water partition coefficient (Wildman–Crippen LogP) is 1.46. The van der Waals surface area contributed by atoms with Crippen LogP contribution in [-0.2, 0) is 20.9 Å². The minimum Gasteiger partial charge on any atom is -0.497 e. The van der Waals surface area contributed by atoms with Crippen molar-refractivity contribution in [3.8, 4) is 5.75 Å². The number of carbonyl (C=O) groups is 2. The van der Waals surface area contributed by atoms with Gasteiger partial charge in [0.25, 0.3) is 0 Å². The molecule has 2 N–H and O–H groups in total. The number of hydrogen-bond acceptors (Lipinski definition) is 5. The molecule has 2 rings (SSSR count). The van der Waals surface area contributed by atoms with E-state index < -0.39 is 11.9 Å². The monoisotopic (exact) mass is 395 g/mol. The SMILES string of the molecule is COc1ccc(CN2CCNC(=O)[C@H]2CC(=O)NCCCOC(C)C)c(F)c1. The van der Waals surface area contributed by atoms with E-state index in [9.17, 15) is 14.0 Å². The van der Waals surface area contributed by atoms with E-state index in [0.717, 1.165) is 0 Å². The molecule has 0 radical (unpaired) electrons. The lowest BCUT2D eigenvalue weighted by atomic mass is 10.1. The van der Waals surface area contributed by atoms with E-state index in [0.29, 0.717) is 44.0 Å². The molecule has 28 heavy (non-hydrogen) atoms. The minimum atomic E-state index is -0.623. The Morgan fingerprint density at radius 1 is 1.43 bits per heavy atom. The van der Waals surface area contributed by atoms with Crippen LogP contribution in [0.15, 0.2) is 18.2 Å². The molecule has 0 aliphatic carbocycles. The van der Waals surface area contributed by atoms with Gasteiger partial charge in [-0.3, -0.25) is 14.5 Å². The molecule has 1 saturated heterocycles. The molecule has 1 fully saturated rings. The van der Waals surface area contributed by atoms with Gasteiger partial charge in [-0.15, -0.1) is 0 Å². The van der Waals surface area contributed by atoms with Gasteiger partial charge in [-0.05, 0) is 26.3 Å². The van der Waals surface area contributed by atoms with E-state index in [1.807, 2.05) is 18.7 Å². The number of hydrogen-bond donors (Lipinski definition) is 2. The molecule has 1 aliphatic rings. The van der Waals surface area contributed by atoms with Gasteiger partial charge >= 0.3 is 0 Å². The molecule has 1 heterocycles. The van der Waals surface area contributed by atoms with E-state index in [1.54, 1.807) is 12.1 Å². The highest BCUT2D eigenvalue weighted by molar-refractivity contribution is 5.88. The number of amides is 2. The molecule has 0 spiro atoms. The van der Waals surface area contributed by atoms with Gasteiger partial charge in [0.1, 0.15) is 11.6 Å². The third-order valence-corrected chi connectivity index (χ3v) is 4.55. The van der Waals surface area contributed by atoms with E-state index in [1.165, 1.54) is 13.2 Å². The van der Waals surface area contributed by atoms with Crippen molar-refractivity contribution in [2.45, 2.75) is 45.4 Å². The molecule has 1 aliphatic heterocycles. The first-order valence-electron chi connectivity index (χ1n) is 9.63. The van der Waals surface area contributed by atoms with Crippen LogP contribution in [0, 0.1) is 5.82 Å². The Balaban J connectivity index is 1.91. The average Bonchev–Trinajstić information content (AvgIpc) is 2.65. The molecule has 0 unspecified atom stereocenters. The third kappa shape index (κ3) is 6.76. The topological polar surface area (TPSA) is 79.9 Å². The zero-order valence-electron chi connectivity index (χ0n) is 16.8. The molecule has 1 aromatic carbocycles. The van der Waals surface area contributed by atoms with Crippen molar-refractivity contribution in [2.24, 2.45) is 0 Å². The quantitative estimate of drug-likeness (QED) is 0.587. The summed E-state index contributed by atoms with van der Waals surface area (Å²) < 4.78 is 24.7. The van der Waals surface area contributed by atoms with Gasteiger partial charge in [0.05, 0.1) is 25.7 Å². The fourth-order valence-corrected chi connectivity index (χ4v) is 3.04. The Hall–Kier alpha value is -2.19. The number of rotatable bonds is 10. The van der Waals surface area contributed by atoms with Crippen LogP contribution in [0.1, 0.15) is 32.3 Å². The number of nitrogens with one attached hydrogen (secondary N) is 2. The normalized spacial score (nSPS) is 17.5. The van der Waals surface area contributed by atoms with E-state index >= 15 is 0 Å². The number of benzene rings is 1. The van der Waals surface area contributed by atoms with Crippen LogP contribution in [0.2, 0.25) is 0 Å². The lowest BCUT2D eigenvalue weighted by Crippen LogP contribution is -2.56. The number of nitrogens with zero attached hydrogens (tertiary/aromatic N) is 1. The van der Waals surface area contributed by atoms with Gasteiger partial charge in [0, 0.05) is 44.4 Å². The highest BCUT2D eigenvalue weighted by Gasteiger charge is 2.32. The summed E-state index contributed by atoms with van der Waals surface area (Å²) in [5, 5.41) is 5.60. The maximum atomic E-state index is 14.3. The zero-order valence-corrected chi connectivity index (χ0v) is 16.8. The summed E-state index contributed by atoms with van der Waals surface area (Å²) in [4.78, 5) is 26.4. The molecule has 2 amide bonds. The molecule has 0 saturated carbocycles. The third-order valence-electron chi connectivity index (χ3n) is 4.55. The number of carbonyl (C=O) groups excluding carboxylic acids is 2. The van der Waals surface area contributed by atoms with Crippen LogP contribution >= 0.6 is 0 Å². The molecule has 7 nitrogen and oxygen atoms in total. The van der Waals surface area contributed by atoms with Crippen LogP contribution < -0.4 is 15.4 Å². The lowest BCUT2D eigenvalue weighted by Gasteiger charge is -2.34. The van der Waals surface area contributed by atoms with E-state index in [2.05, 4.69) is 10.6 Å². The summed E-state index contributed by atoms with van der Waals surface area (Å²) in [6.45, 7) is 6.26. The van der Waals surface area contributed by atoms with Crippen LogP contribution in [0.4, 0.5) is 4.39 Å². The van der Waals surface area contributed by atoms with Crippen molar-refractivity contribution in [1.29, 1.82) is 0 Å². The van der Waals surface area contributed by atoms with Crippen LogP contribution in [0.25, 0.3) is 0 Å². The fourth-order valence-electron chi connectivity index (χ4n) is 3.04. The Kier molecular flexibility index (Phi) is 8.66. The Morgan fingerprint density at radius 3 is 2.89 bits per heavy atom. The smallest absolute Gasteiger partial charge is 0.237 e. The molecular formula is C20H30FN3O4. The second-order valence-corrected chi connectivity index (χ2v) is 7.06. The molecule has 156 valence electrons. The Morgan fingerprint density at radius 2 is 2.21 bits per heavy atom. The summed E-state index contributed by atoms with van der Waals surface area (Å²) in [6.07, 6.45) is 0.907. The molecule has 0 bridgehead atoms. The molecule has 1 atom stereocenters. The standard InChI is InChI=1S/C20H30FN3O4/c1-14(2)28-10-4-7-22-19(25)12-18-20(26)23-8-9-24(18)13-15-5-6-16(27-3)11-17(15)21/h5-6,11,14,18H,4,7-10,12-13H2,1-3H3,(H,22,25)(H,23,26)/t18-/m1/s1. The highest BCUT2D eigenvalue weighted by Crippen LogP contribution is 2.20. The van der Waals surface area contributed by atoms with Gasteiger partial charge in [0.2, 0.25) is 11.8 Å². The van der Waals surface area contributed by atoms with Gasteiger partial charge in [-0.2, -0.15) is 0 Å². The van der Waals surface area contributed by atoms with Gasteiger partial charge < -0.3 is 20.1 Å². The van der Waals surface area contributed by atoms with Crippen molar-refractivity contribution in [2.75, 3.05) is 33.4 Å². The zero-order chi connectivity index (χ0) is 20.5. The first kappa shape index (κ1) is 22.1. The summed E-state index contributed by atoms with van der Waals surface area (Å²) in [6, 6.07) is 4.03. The maximum absolute atomic E-state index is 14.3. The predicted molar refractivity (Wildman–Crippen MR) is 103 cm³/mol. The summed E-state index contributed by atoms with van der Waals surface area (Å²) in [5.74, 6) is -0.362. The second-order valence-electron chi connectivity index (χ2n) is 7.06. The highest BCUT2D eigenvalue weighted by atomic mass is 19.1. The minimum absolute atomic E-state index is 0.0364. The number of ether oxygens (including phenoxy) is 2. The first-order valence-corrected chi connectivity index (χ1v) is 9.63. The van der Waals surface area contributed by atoms with Crippen LogP contribution in [-0.4, -0.2) is 62.2 Å². The number of methoxy groups -OCH3 is 1. The van der Waals surface area contributed by atoms with Crippen molar-refractivity contribution in [3.63, 3.8) is 0 Å². The summed E-state index contributed by atoms with van der Waals surface area (Å²) in [5.41, 5.74) is 0.465. The second kappa shape index (κ2) is 11.0. The average molecular weight is 395 g/mol. The lowest BCUT2D eigenvalue weighted by molar-refractivity contribution is -0.134. The van der Waals surface area contributed by atoms with Gasteiger partial charge in [-0.1, -0.05) is 6.07 Å². The molecule has 1 aromatic rings. The Bertz CT molecular complexity index is 669. The van der Waals surface area contributed by atoms with Crippen molar-refractivity contribution >= 4 is 11.8 Å². The first-order chi connectivity index (χ1) is 13.4. The summed E-state index contributed by atoms with van der Waals surface area (Å²) >= 11 is 0. The van der Waals surface area contributed by atoms with E-state index in [-0.39, 0.29) is 30.9 Å². The van der Waals surface area contributed by atoms with Gasteiger partial charge in [0.15, 0.2) is 0 Å². The number of piperazine rings is 1. The van der Waals surface area contributed by atoms with Crippen molar-refractivity contribution < 1.29 is 23.5 Å².